The van der Waals surface area contributed by atoms with Crippen LogP contribution in [-0.2, 0) is 15.9 Å². The molecule has 0 saturated heterocycles. The zero-order chi connectivity index (χ0) is 16.4. The third-order valence-electron chi connectivity index (χ3n) is 2.72. The van der Waals surface area contributed by atoms with Crippen LogP contribution in [0.1, 0.15) is 33.3 Å². The molecule has 5 nitrogen and oxygen atoms in total. The number of alkyl carbamates (subject to hydrolysis) is 1. The van der Waals surface area contributed by atoms with Gasteiger partial charge < -0.3 is 19.5 Å². The van der Waals surface area contributed by atoms with E-state index in [2.05, 4.69) is 5.32 Å². The molecular formula is C17H27NO4. The van der Waals surface area contributed by atoms with E-state index in [-0.39, 0.29) is 0 Å². The van der Waals surface area contributed by atoms with Crippen LogP contribution < -0.4 is 10.1 Å². The summed E-state index contributed by atoms with van der Waals surface area (Å²) >= 11 is 0. The number of rotatable bonds is 8. The first-order valence-electron chi connectivity index (χ1n) is 7.67. The topological polar surface area (TPSA) is 56.8 Å². The Bertz CT molecular complexity index is 454. The lowest BCUT2D eigenvalue weighted by Crippen LogP contribution is -2.33. The molecule has 0 heterocycles. The van der Waals surface area contributed by atoms with Gasteiger partial charge in [0.15, 0.2) is 0 Å². The van der Waals surface area contributed by atoms with Crippen LogP contribution in [0.2, 0.25) is 0 Å². The molecule has 1 N–H and O–H groups in total. The fraction of sp³-hybridized carbons (Fsp3) is 0.588. The molecule has 0 bridgehead atoms. The number of ether oxygens (including phenoxy) is 3. The molecule has 0 aliphatic rings. The molecule has 124 valence electrons. The Morgan fingerprint density at radius 2 is 1.91 bits per heavy atom. The Kier molecular flexibility index (Phi) is 7.74. The Hall–Kier alpha value is -1.75. The van der Waals surface area contributed by atoms with E-state index in [9.17, 15) is 4.79 Å². The lowest BCUT2D eigenvalue weighted by Gasteiger charge is -2.19. The van der Waals surface area contributed by atoms with Crippen LogP contribution in [0.4, 0.5) is 4.79 Å². The maximum atomic E-state index is 11.6. The first-order valence-corrected chi connectivity index (χ1v) is 7.67. The summed E-state index contributed by atoms with van der Waals surface area (Å²) in [6.45, 7) is 9.75. The summed E-state index contributed by atoms with van der Waals surface area (Å²) in [5.74, 6) is 0.827. The Labute approximate surface area is 132 Å². The predicted molar refractivity (Wildman–Crippen MR) is 86.4 cm³/mol. The molecule has 0 aliphatic heterocycles. The maximum absolute atomic E-state index is 11.6. The Balaban J connectivity index is 2.40. The molecule has 0 aromatic heterocycles. The van der Waals surface area contributed by atoms with Crippen LogP contribution >= 0.6 is 0 Å². The van der Waals surface area contributed by atoms with Crippen molar-refractivity contribution in [1.82, 2.24) is 5.32 Å². The number of amides is 1. The summed E-state index contributed by atoms with van der Waals surface area (Å²) in [5, 5.41) is 2.75. The highest BCUT2D eigenvalue weighted by Crippen LogP contribution is 2.18. The summed E-state index contributed by atoms with van der Waals surface area (Å²) in [4.78, 5) is 11.6. The van der Waals surface area contributed by atoms with Gasteiger partial charge in [0.1, 0.15) is 18.0 Å². The molecule has 1 aromatic rings. The van der Waals surface area contributed by atoms with Crippen LogP contribution in [0.5, 0.6) is 5.75 Å². The number of para-hydroxylation sites is 1. The minimum atomic E-state index is -0.482. The van der Waals surface area contributed by atoms with Gasteiger partial charge in [-0.3, -0.25) is 0 Å². The molecule has 0 spiro atoms. The number of nitrogens with one attached hydrogen (secondary N) is 1. The van der Waals surface area contributed by atoms with Crippen molar-refractivity contribution in [3.05, 3.63) is 29.8 Å². The second-order valence-corrected chi connectivity index (χ2v) is 5.83. The highest BCUT2D eigenvalue weighted by molar-refractivity contribution is 5.67. The van der Waals surface area contributed by atoms with Crippen molar-refractivity contribution in [3.8, 4) is 5.75 Å². The summed E-state index contributed by atoms with van der Waals surface area (Å²) in [6, 6.07) is 7.81. The minimum absolute atomic E-state index is 0.401. The molecule has 5 heteroatoms. The van der Waals surface area contributed by atoms with Crippen molar-refractivity contribution in [3.63, 3.8) is 0 Å². The van der Waals surface area contributed by atoms with E-state index in [1.807, 2.05) is 52.0 Å². The van der Waals surface area contributed by atoms with Gasteiger partial charge >= 0.3 is 6.09 Å². The quantitative estimate of drug-likeness (QED) is 0.749. The molecule has 0 atom stereocenters. The average Bonchev–Trinajstić information content (AvgIpc) is 2.43. The van der Waals surface area contributed by atoms with Gasteiger partial charge in [-0.2, -0.15) is 0 Å². The van der Waals surface area contributed by atoms with Crippen molar-refractivity contribution in [2.24, 2.45) is 0 Å². The fourth-order valence-corrected chi connectivity index (χ4v) is 1.82. The Morgan fingerprint density at radius 3 is 2.59 bits per heavy atom. The van der Waals surface area contributed by atoms with E-state index < -0.39 is 11.7 Å². The first kappa shape index (κ1) is 18.3. The van der Waals surface area contributed by atoms with Crippen molar-refractivity contribution >= 4 is 6.09 Å². The lowest BCUT2D eigenvalue weighted by molar-refractivity contribution is 0.0528. The molecular weight excluding hydrogens is 282 g/mol. The summed E-state index contributed by atoms with van der Waals surface area (Å²) in [5.41, 5.74) is 0.569. The second kappa shape index (κ2) is 9.30. The number of benzene rings is 1. The predicted octanol–water partition coefficient (Wildman–Crippen LogP) is 3.17. The van der Waals surface area contributed by atoms with Gasteiger partial charge in [-0.1, -0.05) is 18.2 Å². The standard InChI is InChI=1S/C17H27NO4/c1-5-20-12-13-21-15-9-7-6-8-14(15)10-11-18-16(19)22-17(2,3)4/h6-9H,5,10-13H2,1-4H3,(H,18,19). The molecule has 1 rings (SSSR count). The van der Waals surface area contributed by atoms with Gasteiger partial charge in [-0.25, -0.2) is 4.79 Å². The van der Waals surface area contributed by atoms with Crippen LogP contribution in [-0.4, -0.2) is 38.1 Å². The van der Waals surface area contributed by atoms with Gasteiger partial charge in [-0.05, 0) is 45.7 Å². The van der Waals surface area contributed by atoms with E-state index in [1.54, 1.807) is 0 Å². The number of carbonyl (C=O) groups excluding carboxylic acids is 1. The van der Waals surface area contributed by atoms with Crippen molar-refractivity contribution in [2.45, 2.75) is 39.7 Å². The van der Waals surface area contributed by atoms with E-state index in [4.69, 9.17) is 14.2 Å². The Morgan fingerprint density at radius 1 is 1.18 bits per heavy atom. The molecule has 0 radical (unpaired) electrons. The van der Waals surface area contributed by atoms with Gasteiger partial charge in [0.2, 0.25) is 0 Å². The van der Waals surface area contributed by atoms with E-state index >= 15 is 0 Å². The van der Waals surface area contributed by atoms with E-state index in [1.165, 1.54) is 0 Å². The molecule has 0 aliphatic carbocycles. The summed E-state index contributed by atoms with van der Waals surface area (Å²) < 4.78 is 16.2. The third kappa shape index (κ3) is 7.88. The monoisotopic (exact) mass is 309 g/mol. The molecule has 0 saturated carbocycles. The molecule has 1 aromatic carbocycles. The van der Waals surface area contributed by atoms with Gasteiger partial charge in [0.05, 0.1) is 6.61 Å². The zero-order valence-electron chi connectivity index (χ0n) is 14.0. The molecule has 0 fully saturated rings. The van der Waals surface area contributed by atoms with E-state index in [0.717, 1.165) is 11.3 Å². The van der Waals surface area contributed by atoms with Crippen LogP contribution in [0.3, 0.4) is 0 Å². The van der Waals surface area contributed by atoms with Gasteiger partial charge in [-0.15, -0.1) is 0 Å². The zero-order valence-corrected chi connectivity index (χ0v) is 14.0. The summed E-state index contributed by atoms with van der Waals surface area (Å²) in [6.07, 6.45) is 0.284. The summed E-state index contributed by atoms with van der Waals surface area (Å²) in [7, 11) is 0. The molecule has 1 amide bonds. The maximum Gasteiger partial charge on any atom is 0.407 e. The van der Waals surface area contributed by atoms with Crippen molar-refractivity contribution in [2.75, 3.05) is 26.4 Å². The van der Waals surface area contributed by atoms with E-state index in [0.29, 0.717) is 32.8 Å². The third-order valence-corrected chi connectivity index (χ3v) is 2.72. The van der Waals surface area contributed by atoms with Crippen LogP contribution in [0.25, 0.3) is 0 Å². The smallest absolute Gasteiger partial charge is 0.407 e. The average molecular weight is 309 g/mol. The normalized spacial score (nSPS) is 11.1. The molecule has 0 unspecified atom stereocenters. The van der Waals surface area contributed by atoms with Crippen LogP contribution in [0, 0.1) is 0 Å². The highest BCUT2D eigenvalue weighted by Gasteiger charge is 2.15. The number of carbonyl (C=O) groups is 1. The van der Waals surface area contributed by atoms with Crippen molar-refractivity contribution in [1.29, 1.82) is 0 Å². The van der Waals surface area contributed by atoms with Crippen LogP contribution in [0.15, 0.2) is 24.3 Å². The second-order valence-electron chi connectivity index (χ2n) is 5.83. The van der Waals surface area contributed by atoms with Gasteiger partial charge in [0, 0.05) is 13.2 Å². The number of hydrogen-bond donors (Lipinski definition) is 1. The first-order chi connectivity index (χ1) is 10.4. The molecule has 22 heavy (non-hydrogen) atoms. The SMILES string of the molecule is CCOCCOc1ccccc1CCNC(=O)OC(C)(C)C. The fourth-order valence-electron chi connectivity index (χ4n) is 1.82. The largest absolute Gasteiger partial charge is 0.491 e. The lowest BCUT2D eigenvalue weighted by atomic mass is 10.1. The minimum Gasteiger partial charge on any atom is -0.491 e. The van der Waals surface area contributed by atoms with Crippen molar-refractivity contribution < 1.29 is 19.0 Å². The number of hydrogen-bond acceptors (Lipinski definition) is 4. The highest BCUT2D eigenvalue weighted by atomic mass is 16.6. The van der Waals surface area contributed by atoms with Gasteiger partial charge in [0.25, 0.3) is 0 Å².